The molecule has 3 aromatic carbocycles. The molecule has 0 amide bonds. The van der Waals surface area contributed by atoms with E-state index in [9.17, 15) is 4.39 Å². The number of halogens is 1. The molecule has 0 saturated heterocycles. The molecule has 130 valence electrons. The lowest BCUT2D eigenvalue weighted by Gasteiger charge is -2.32. The van der Waals surface area contributed by atoms with Crippen molar-refractivity contribution in [1.82, 2.24) is 4.90 Å². The normalized spacial score (nSPS) is 15.3. The Morgan fingerprint density at radius 2 is 1.48 bits per heavy atom. The van der Waals surface area contributed by atoms with Crippen LogP contribution >= 0.6 is 0 Å². The predicted octanol–water partition coefficient (Wildman–Crippen LogP) is 5.17. The van der Waals surface area contributed by atoms with Gasteiger partial charge in [-0.05, 0) is 18.2 Å². The summed E-state index contributed by atoms with van der Waals surface area (Å²) in [6.07, 6.45) is 1.99. The highest BCUT2D eigenvalue weighted by Gasteiger charge is 2.28. The molecule has 0 N–H and O–H groups in total. The van der Waals surface area contributed by atoms with Crippen molar-refractivity contribution < 1.29 is 4.39 Å². The minimum atomic E-state index is -0.242. The third kappa shape index (κ3) is 2.85. The number of hydrogen-bond acceptors (Lipinski definition) is 3. The first-order valence-corrected chi connectivity index (χ1v) is 8.83. The maximum Gasteiger partial charge on any atom is 0.160 e. The third-order valence-electron chi connectivity index (χ3n) is 4.72. The number of benzene rings is 3. The van der Waals surface area contributed by atoms with Crippen LogP contribution in [0.25, 0.3) is 5.70 Å². The molecule has 0 atom stereocenters. The molecule has 2 aliphatic heterocycles. The Kier molecular flexibility index (Phi) is 3.68. The van der Waals surface area contributed by atoms with Crippen molar-refractivity contribution in [1.29, 1.82) is 0 Å². The van der Waals surface area contributed by atoms with E-state index in [0.29, 0.717) is 6.54 Å². The van der Waals surface area contributed by atoms with Gasteiger partial charge in [0.05, 0.1) is 17.9 Å². The second-order valence-electron chi connectivity index (χ2n) is 6.54. The topological polar surface area (TPSA) is 28.0 Å². The number of amidine groups is 1. The molecule has 0 radical (unpaired) electrons. The predicted molar refractivity (Wildman–Crippen MR) is 106 cm³/mol. The summed E-state index contributed by atoms with van der Waals surface area (Å²) in [6.45, 7) is 0.564. The first-order valence-electron chi connectivity index (χ1n) is 8.83. The summed E-state index contributed by atoms with van der Waals surface area (Å²) in [5.74, 6) is 0.550. The molecule has 2 aliphatic rings. The lowest BCUT2D eigenvalue weighted by Crippen LogP contribution is -2.37. The Bertz CT molecular complexity index is 1100. The van der Waals surface area contributed by atoms with E-state index in [1.54, 1.807) is 12.1 Å². The second-order valence-corrected chi connectivity index (χ2v) is 6.54. The van der Waals surface area contributed by atoms with Crippen LogP contribution in [0.2, 0.25) is 0 Å². The Labute approximate surface area is 156 Å². The fraction of sp³-hybridized carbons (Fsp3) is 0.0435. The van der Waals surface area contributed by atoms with Crippen molar-refractivity contribution in [3.63, 3.8) is 0 Å². The third-order valence-corrected chi connectivity index (χ3v) is 4.72. The number of hydrogen-bond donors (Lipinski definition) is 0. The van der Waals surface area contributed by atoms with Gasteiger partial charge in [0, 0.05) is 22.9 Å². The van der Waals surface area contributed by atoms with Crippen LogP contribution < -0.4 is 0 Å². The molecule has 2 heterocycles. The van der Waals surface area contributed by atoms with Gasteiger partial charge in [-0.3, -0.25) is 0 Å². The standard InChI is InChI=1S/C23H16FN3/c24-19-11-12-20-18(13-19)14-27-15-21(16-7-3-1-4-8-16)25-22(23(27)26-20)17-9-5-2-6-10-17/h1-13,15H,14H2. The molecule has 0 unspecified atom stereocenters. The first kappa shape index (κ1) is 15.7. The minimum Gasteiger partial charge on any atom is -0.325 e. The maximum atomic E-state index is 13.7. The average Bonchev–Trinajstić information content (AvgIpc) is 2.73. The lowest BCUT2D eigenvalue weighted by molar-refractivity contribution is 0.543. The van der Waals surface area contributed by atoms with Crippen LogP contribution in [0.15, 0.2) is 95.0 Å². The molecule has 0 aliphatic carbocycles. The van der Waals surface area contributed by atoms with E-state index in [0.717, 1.165) is 39.6 Å². The molecule has 27 heavy (non-hydrogen) atoms. The van der Waals surface area contributed by atoms with Crippen molar-refractivity contribution in [2.45, 2.75) is 6.54 Å². The van der Waals surface area contributed by atoms with E-state index in [-0.39, 0.29) is 5.82 Å². The summed E-state index contributed by atoms with van der Waals surface area (Å²) in [4.78, 5) is 11.8. The zero-order valence-electron chi connectivity index (χ0n) is 14.5. The molecule has 5 rings (SSSR count). The van der Waals surface area contributed by atoms with Crippen LogP contribution in [0.4, 0.5) is 10.1 Å². The Morgan fingerprint density at radius 3 is 2.22 bits per heavy atom. The van der Waals surface area contributed by atoms with Crippen molar-refractivity contribution in [2.24, 2.45) is 9.98 Å². The summed E-state index contributed by atoms with van der Waals surface area (Å²) in [5.41, 5.74) is 5.41. The largest absolute Gasteiger partial charge is 0.325 e. The summed E-state index contributed by atoms with van der Waals surface area (Å²) in [6, 6.07) is 24.8. The van der Waals surface area contributed by atoms with Crippen molar-refractivity contribution in [3.05, 3.63) is 108 Å². The van der Waals surface area contributed by atoms with Gasteiger partial charge < -0.3 is 4.90 Å². The zero-order chi connectivity index (χ0) is 18.2. The van der Waals surface area contributed by atoms with Crippen LogP contribution in [0.3, 0.4) is 0 Å². The highest BCUT2D eigenvalue weighted by molar-refractivity contribution is 6.49. The summed E-state index contributed by atoms with van der Waals surface area (Å²) >= 11 is 0. The number of nitrogens with zero attached hydrogens (tertiary/aromatic N) is 3. The van der Waals surface area contributed by atoms with Gasteiger partial charge >= 0.3 is 0 Å². The van der Waals surface area contributed by atoms with Crippen molar-refractivity contribution in [2.75, 3.05) is 0 Å². The average molecular weight is 353 g/mol. The molecule has 4 heteroatoms. The molecule has 0 bridgehead atoms. The van der Waals surface area contributed by atoms with Gasteiger partial charge in [0.1, 0.15) is 11.5 Å². The van der Waals surface area contributed by atoms with E-state index in [1.807, 2.05) is 66.9 Å². The van der Waals surface area contributed by atoms with Crippen LogP contribution in [0.5, 0.6) is 0 Å². The van der Waals surface area contributed by atoms with E-state index in [4.69, 9.17) is 9.98 Å². The summed E-state index contributed by atoms with van der Waals surface area (Å²) < 4.78 is 13.7. The van der Waals surface area contributed by atoms with Crippen molar-refractivity contribution >= 4 is 22.9 Å². The molecule has 0 saturated carbocycles. The Morgan fingerprint density at radius 1 is 0.778 bits per heavy atom. The molecule has 0 spiro atoms. The number of aliphatic imine (C=N–C) groups is 2. The molecule has 0 fully saturated rings. The van der Waals surface area contributed by atoms with Gasteiger partial charge in [0.25, 0.3) is 0 Å². The van der Waals surface area contributed by atoms with Gasteiger partial charge in [-0.15, -0.1) is 0 Å². The zero-order valence-corrected chi connectivity index (χ0v) is 14.5. The SMILES string of the molecule is Fc1ccc2c(c1)CN1C=C(c3ccccc3)N=C(c3ccccc3)C1=N2. The van der Waals surface area contributed by atoms with Gasteiger partial charge in [-0.1, -0.05) is 60.7 Å². The maximum absolute atomic E-state index is 13.7. The van der Waals surface area contributed by atoms with Gasteiger partial charge in [-0.25, -0.2) is 14.4 Å². The molecule has 0 aromatic heterocycles. The monoisotopic (exact) mass is 353 g/mol. The van der Waals surface area contributed by atoms with Crippen LogP contribution in [0.1, 0.15) is 16.7 Å². The summed E-state index contributed by atoms with van der Waals surface area (Å²) in [7, 11) is 0. The lowest BCUT2D eigenvalue weighted by atomic mass is 10.0. The van der Waals surface area contributed by atoms with E-state index in [2.05, 4.69) is 4.90 Å². The second kappa shape index (κ2) is 6.32. The van der Waals surface area contributed by atoms with Gasteiger partial charge in [-0.2, -0.15) is 0 Å². The number of fused-ring (bicyclic) bond motifs is 2. The molecule has 3 nitrogen and oxygen atoms in total. The highest BCUT2D eigenvalue weighted by atomic mass is 19.1. The van der Waals surface area contributed by atoms with Crippen LogP contribution in [-0.2, 0) is 6.54 Å². The Balaban J connectivity index is 1.69. The molecular weight excluding hydrogens is 337 g/mol. The first-order chi connectivity index (χ1) is 13.3. The van der Waals surface area contributed by atoms with Gasteiger partial charge in [0.15, 0.2) is 5.84 Å². The van der Waals surface area contributed by atoms with Crippen molar-refractivity contribution in [3.8, 4) is 0 Å². The fourth-order valence-corrected chi connectivity index (χ4v) is 3.41. The Hall–Kier alpha value is -3.53. The smallest absolute Gasteiger partial charge is 0.160 e. The minimum absolute atomic E-state index is 0.242. The highest BCUT2D eigenvalue weighted by Crippen LogP contribution is 2.32. The van der Waals surface area contributed by atoms with Crippen LogP contribution in [-0.4, -0.2) is 16.4 Å². The molecule has 3 aromatic rings. The quantitative estimate of drug-likeness (QED) is 0.624. The van der Waals surface area contributed by atoms with E-state index in [1.165, 1.54) is 6.07 Å². The van der Waals surface area contributed by atoms with Gasteiger partial charge in [0.2, 0.25) is 0 Å². The fourth-order valence-electron chi connectivity index (χ4n) is 3.41. The van der Waals surface area contributed by atoms with Crippen LogP contribution in [0, 0.1) is 5.82 Å². The number of rotatable bonds is 2. The van der Waals surface area contributed by atoms with E-state index >= 15 is 0 Å². The summed E-state index contributed by atoms with van der Waals surface area (Å²) in [5, 5.41) is 0. The molecular formula is C23H16FN3. The van der Waals surface area contributed by atoms with E-state index < -0.39 is 0 Å².